The Kier molecular flexibility index (Phi) is 3.91. The lowest BCUT2D eigenvalue weighted by atomic mass is 10.1. The first kappa shape index (κ1) is 15.7. The molecule has 0 N–H and O–H groups in total. The number of methoxy groups -OCH3 is 1. The predicted octanol–water partition coefficient (Wildman–Crippen LogP) is 2.47. The molecule has 1 aliphatic rings. The van der Waals surface area contributed by atoms with Crippen LogP contribution in [0.25, 0.3) is 11.0 Å². The summed E-state index contributed by atoms with van der Waals surface area (Å²) in [4.78, 5) is 11.5. The Morgan fingerprint density at radius 1 is 1.24 bits per heavy atom. The van der Waals surface area contributed by atoms with E-state index in [0.29, 0.717) is 13.2 Å². The number of aromatic nitrogens is 4. The average Bonchev–Trinajstić information content (AvgIpc) is 2.95. The Morgan fingerprint density at radius 3 is 2.96 bits per heavy atom. The number of hydrogen-bond acceptors (Lipinski definition) is 6. The molecule has 2 aromatic heterocycles. The van der Waals surface area contributed by atoms with Crippen LogP contribution in [0.15, 0.2) is 24.4 Å². The molecule has 1 aromatic carbocycles. The number of hydrogen-bond donors (Lipinski definition) is 0. The van der Waals surface area contributed by atoms with Gasteiger partial charge in [-0.05, 0) is 19.4 Å². The molecule has 0 saturated heterocycles. The van der Waals surface area contributed by atoms with Gasteiger partial charge in [0.05, 0.1) is 25.3 Å². The number of anilines is 1. The van der Waals surface area contributed by atoms with Crippen LogP contribution in [0.5, 0.6) is 11.5 Å². The zero-order valence-corrected chi connectivity index (χ0v) is 14.7. The smallest absolute Gasteiger partial charge is 0.166 e. The highest BCUT2D eigenvalue weighted by molar-refractivity contribution is 5.87. The molecule has 0 saturated carbocycles. The number of nitrogens with zero attached hydrogens (tertiary/aromatic N) is 5. The number of benzene rings is 1. The highest BCUT2D eigenvalue weighted by atomic mass is 16.5. The summed E-state index contributed by atoms with van der Waals surface area (Å²) in [5.74, 6) is 3.26. The maximum absolute atomic E-state index is 5.95. The van der Waals surface area contributed by atoms with Crippen molar-refractivity contribution < 1.29 is 9.47 Å². The average molecular weight is 339 g/mol. The Hall–Kier alpha value is -2.83. The van der Waals surface area contributed by atoms with Gasteiger partial charge in [-0.15, -0.1) is 0 Å². The summed E-state index contributed by atoms with van der Waals surface area (Å²) < 4.78 is 13.2. The Labute approximate surface area is 146 Å². The van der Waals surface area contributed by atoms with Crippen LogP contribution in [0.3, 0.4) is 0 Å². The van der Waals surface area contributed by atoms with Gasteiger partial charge in [0.25, 0.3) is 0 Å². The van der Waals surface area contributed by atoms with Crippen molar-refractivity contribution >= 4 is 16.9 Å². The molecule has 1 aliphatic heterocycles. The van der Waals surface area contributed by atoms with Crippen LogP contribution >= 0.6 is 0 Å². The second-order valence-electron chi connectivity index (χ2n) is 6.17. The minimum absolute atomic E-state index is 0.643. The molecule has 25 heavy (non-hydrogen) atoms. The van der Waals surface area contributed by atoms with Crippen molar-refractivity contribution in [1.29, 1.82) is 0 Å². The van der Waals surface area contributed by atoms with Crippen LogP contribution < -0.4 is 14.4 Å². The van der Waals surface area contributed by atoms with E-state index in [-0.39, 0.29) is 0 Å². The summed E-state index contributed by atoms with van der Waals surface area (Å²) in [6, 6.07) is 6.00. The molecule has 7 nitrogen and oxygen atoms in total. The summed E-state index contributed by atoms with van der Waals surface area (Å²) in [6.07, 6.45) is 2.74. The van der Waals surface area contributed by atoms with Gasteiger partial charge in [0.2, 0.25) is 0 Å². The van der Waals surface area contributed by atoms with E-state index < -0.39 is 0 Å². The van der Waals surface area contributed by atoms with E-state index in [0.717, 1.165) is 52.7 Å². The fourth-order valence-corrected chi connectivity index (χ4v) is 3.26. The summed E-state index contributed by atoms with van der Waals surface area (Å²) in [5, 5.41) is 5.32. The van der Waals surface area contributed by atoms with E-state index in [2.05, 4.69) is 21.0 Å². The number of aryl methyl sites for hydroxylation is 2. The Morgan fingerprint density at radius 2 is 2.12 bits per heavy atom. The van der Waals surface area contributed by atoms with Gasteiger partial charge in [0.1, 0.15) is 11.6 Å². The van der Waals surface area contributed by atoms with Gasteiger partial charge >= 0.3 is 0 Å². The van der Waals surface area contributed by atoms with Crippen molar-refractivity contribution in [3.8, 4) is 11.5 Å². The molecular formula is C18H21N5O2. The van der Waals surface area contributed by atoms with E-state index in [1.165, 1.54) is 0 Å². The van der Waals surface area contributed by atoms with Gasteiger partial charge in [-0.2, -0.15) is 5.10 Å². The predicted molar refractivity (Wildman–Crippen MR) is 95.2 cm³/mol. The number of ether oxygens (including phenoxy) is 2. The fourth-order valence-electron chi connectivity index (χ4n) is 3.26. The summed E-state index contributed by atoms with van der Waals surface area (Å²) >= 11 is 0. The van der Waals surface area contributed by atoms with Crippen molar-refractivity contribution in [3.05, 3.63) is 35.8 Å². The van der Waals surface area contributed by atoms with Gasteiger partial charge in [-0.1, -0.05) is 12.1 Å². The molecule has 0 bridgehead atoms. The van der Waals surface area contributed by atoms with Crippen LogP contribution in [0.2, 0.25) is 0 Å². The van der Waals surface area contributed by atoms with Crippen LogP contribution in [-0.4, -0.2) is 40.0 Å². The first-order chi connectivity index (χ1) is 12.2. The summed E-state index contributed by atoms with van der Waals surface area (Å²) in [7, 11) is 3.57. The second-order valence-corrected chi connectivity index (χ2v) is 6.17. The summed E-state index contributed by atoms with van der Waals surface area (Å²) in [6.45, 7) is 4.12. The van der Waals surface area contributed by atoms with E-state index in [1.54, 1.807) is 11.8 Å². The van der Waals surface area contributed by atoms with Gasteiger partial charge in [-0.25, -0.2) is 9.97 Å². The zero-order chi connectivity index (χ0) is 17.4. The topological polar surface area (TPSA) is 65.3 Å². The summed E-state index contributed by atoms with van der Waals surface area (Å²) in [5.41, 5.74) is 1.94. The maximum atomic E-state index is 5.95. The quantitative estimate of drug-likeness (QED) is 0.715. The minimum Gasteiger partial charge on any atom is -0.493 e. The van der Waals surface area contributed by atoms with Gasteiger partial charge < -0.3 is 14.4 Å². The molecule has 7 heteroatoms. The number of para-hydroxylation sites is 1. The second kappa shape index (κ2) is 6.23. The largest absolute Gasteiger partial charge is 0.493 e. The fraction of sp³-hybridized carbons (Fsp3) is 0.389. The SMILES string of the molecule is COc1cccc2c1OCCCN(c1nc(C)nc3c1cnn3C)C2. The zero-order valence-electron chi connectivity index (χ0n) is 14.7. The van der Waals surface area contributed by atoms with Crippen molar-refractivity contribution in [1.82, 2.24) is 19.7 Å². The molecule has 3 heterocycles. The molecule has 0 fully saturated rings. The molecular weight excluding hydrogens is 318 g/mol. The number of rotatable bonds is 2. The first-order valence-corrected chi connectivity index (χ1v) is 8.37. The van der Waals surface area contributed by atoms with Gasteiger partial charge in [-0.3, -0.25) is 4.68 Å². The van der Waals surface area contributed by atoms with Crippen molar-refractivity contribution in [2.45, 2.75) is 19.9 Å². The molecule has 130 valence electrons. The third-order valence-electron chi connectivity index (χ3n) is 4.44. The molecule has 0 unspecified atom stereocenters. The van der Waals surface area contributed by atoms with Gasteiger partial charge in [0, 0.05) is 25.7 Å². The van der Waals surface area contributed by atoms with E-state index in [4.69, 9.17) is 14.5 Å². The lowest BCUT2D eigenvalue weighted by molar-refractivity contribution is 0.281. The highest BCUT2D eigenvalue weighted by Gasteiger charge is 2.21. The van der Waals surface area contributed by atoms with E-state index in [1.807, 2.05) is 32.3 Å². The molecule has 4 rings (SSSR count). The minimum atomic E-state index is 0.643. The lowest BCUT2D eigenvalue weighted by Crippen LogP contribution is -2.29. The lowest BCUT2D eigenvalue weighted by Gasteiger charge is -2.28. The molecule has 0 spiro atoms. The molecule has 0 aliphatic carbocycles. The van der Waals surface area contributed by atoms with Crippen molar-refractivity contribution in [3.63, 3.8) is 0 Å². The van der Waals surface area contributed by atoms with Crippen LogP contribution in [-0.2, 0) is 13.6 Å². The third-order valence-corrected chi connectivity index (χ3v) is 4.44. The third kappa shape index (κ3) is 2.75. The molecule has 0 atom stereocenters. The standard InChI is InChI=1S/C18H21N5O2/c1-12-20-17-14(10-19-22(17)2)18(21-12)23-8-5-9-25-16-13(11-23)6-4-7-15(16)24-3/h4,6-7,10H,5,8-9,11H2,1-3H3. The van der Waals surface area contributed by atoms with E-state index >= 15 is 0 Å². The Balaban J connectivity index is 1.81. The molecule has 0 radical (unpaired) electrons. The van der Waals surface area contributed by atoms with Crippen molar-refractivity contribution in [2.75, 3.05) is 25.2 Å². The molecule has 0 amide bonds. The maximum Gasteiger partial charge on any atom is 0.166 e. The van der Waals surface area contributed by atoms with Crippen molar-refractivity contribution in [2.24, 2.45) is 7.05 Å². The monoisotopic (exact) mass is 339 g/mol. The van der Waals surface area contributed by atoms with Crippen LogP contribution in [0.4, 0.5) is 5.82 Å². The normalized spacial score (nSPS) is 14.6. The van der Waals surface area contributed by atoms with Gasteiger partial charge in [0.15, 0.2) is 17.1 Å². The van der Waals surface area contributed by atoms with E-state index in [9.17, 15) is 0 Å². The van der Waals surface area contributed by atoms with Crippen LogP contribution in [0.1, 0.15) is 17.8 Å². The highest BCUT2D eigenvalue weighted by Crippen LogP contribution is 2.35. The molecule has 3 aromatic rings. The Bertz CT molecular complexity index is 921. The first-order valence-electron chi connectivity index (χ1n) is 8.37. The number of fused-ring (bicyclic) bond motifs is 2. The van der Waals surface area contributed by atoms with Crippen LogP contribution in [0, 0.1) is 6.92 Å².